The zero-order chi connectivity index (χ0) is 13.3. The van der Waals surface area contributed by atoms with Crippen LogP contribution in [0.1, 0.15) is 22.8 Å². The maximum Gasteiger partial charge on any atom is 0.124 e. The van der Waals surface area contributed by atoms with E-state index in [0.717, 1.165) is 5.56 Å². The number of rotatable bonds is 2. The van der Waals surface area contributed by atoms with E-state index in [1.165, 1.54) is 30.3 Å². The first-order valence-corrected chi connectivity index (χ1v) is 6.17. The standard InChI is InChI=1S/C14H11BrF2O/c1-8-2-3-9(16)6-12(8)14(18)11-5-4-10(17)7-13(11)15/h2-7,14,18H,1H3. The Hall–Kier alpha value is -1.26. The predicted molar refractivity (Wildman–Crippen MR) is 69.3 cm³/mol. The molecule has 0 bridgehead atoms. The van der Waals surface area contributed by atoms with Gasteiger partial charge in [-0.25, -0.2) is 8.78 Å². The van der Waals surface area contributed by atoms with Gasteiger partial charge in [0.15, 0.2) is 0 Å². The van der Waals surface area contributed by atoms with Gasteiger partial charge in [0.05, 0.1) is 0 Å². The second-order valence-electron chi connectivity index (χ2n) is 4.07. The van der Waals surface area contributed by atoms with Crippen LogP contribution in [-0.2, 0) is 0 Å². The van der Waals surface area contributed by atoms with Gasteiger partial charge in [-0.2, -0.15) is 0 Å². The fraction of sp³-hybridized carbons (Fsp3) is 0.143. The van der Waals surface area contributed by atoms with Crippen LogP contribution in [0.5, 0.6) is 0 Å². The molecule has 0 radical (unpaired) electrons. The summed E-state index contributed by atoms with van der Waals surface area (Å²) < 4.78 is 26.6. The van der Waals surface area contributed by atoms with E-state index in [1.807, 2.05) is 0 Å². The normalized spacial score (nSPS) is 12.5. The molecule has 0 spiro atoms. The highest BCUT2D eigenvalue weighted by Crippen LogP contribution is 2.31. The Labute approximate surface area is 112 Å². The molecule has 1 nitrogen and oxygen atoms in total. The number of aliphatic hydroxyl groups is 1. The minimum Gasteiger partial charge on any atom is -0.384 e. The topological polar surface area (TPSA) is 20.2 Å². The summed E-state index contributed by atoms with van der Waals surface area (Å²) in [5.41, 5.74) is 1.76. The molecule has 0 aliphatic rings. The molecule has 0 aliphatic heterocycles. The SMILES string of the molecule is Cc1ccc(F)cc1C(O)c1ccc(F)cc1Br. The smallest absolute Gasteiger partial charge is 0.124 e. The van der Waals surface area contributed by atoms with Gasteiger partial charge in [-0.3, -0.25) is 0 Å². The average molecular weight is 313 g/mol. The molecule has 0 saturated carbocycles. The van der Waals surface area contributed by atoms with Crippen LogP contribution in [0.3, 0.4) is 0 Å². The highest BCUT2D eigenvalue weighted by molar-refractivity contribution is 9.10. The fourth-order valence-electron chi connectivity index (χ4n) is 1.80. The summed E-state index contributed by atoms with van der Waals surface area (Å²) in [6.45, 7) is 1.79. The molecule has 0 heterocycles. The Kier molecular flexibility index (Phi) is 3.78. The Balaban J connectivity index is 2.47. The maximum atomic E-state index is 13.2. The quantitative estimate of drug-likeness (QED) is 0.884. The van der Waals surface area contributed by atoms with Crippen LogP contribution < -0.4 is 0 Å². The fourth-order valence-corrected chi connectivity index (χ4v) is 2.36. The highest BCUT2D eigenvalue weighted by Gasteiger charge is 2.16. The van der Waals surface area contributed by atoms with E-state index in [9.17, 15) is 13.9 Å². The lowest BCUT2D eigenvalue weighted by atomic mass is 9.97. The zero-order valence-corrected chi connectivity index (χ0v) is 11.2. The highest BCUT2D eigenvalue weighted by atomic mass is 79.9. The summed E-state index contributed by atoms with van der Waals surface area (Å²) in [4.78, 5) is 0. The van der Waals surface area contributed by atoms with E-state index in [-0.39, 0.29) is 0 Å². The van der Waals surface area contributed by atoms with Crippen LogP contribution in [0.15, 0.2) is 40.9 Å². The van der Waals surface area contributed by atoms with Crippen LogP contribution in [0.2, 0.25) is 0 Å². The van der Waals surface area contributed by atoms with Crippen molar-refractivity contribution in [2.75, 3.05) is 0 Å². The zero-order valence-electron chi connectivity index (χ0n) is 9.62. The Bertz CT molecular complexity index is 584. The lowest BCUT2D eigenvalue weighted by Gasteiger charge is -2.15. The largest absolute Gasteiger partial charge is 0.384 e. The molecule has 2 aromatic rings. The van der Waals surface area contributed by atoms with E-state index in [4.69, 9.17) is 0 Å². The number of aryl methyl sites for hydroxylation is 1. The lowest BCUT2D eigenvalue weighted by Crippen LogP contribution is -2.04. The lowest BCUT2D eigenvalue weighted by molar-refractivity contribution is 0.218. The molecule has 0 aliphatic carbocycles. The van der Waals surface area contributed by atoms with E-state index in [1.54, 1.807) is 13.0 Å². The minimum atomic E-state index is -0.990. The average Bonchev–Trinajstić information content (AvgIpc) is 2.31. The molecule has 0 saturated heterocycles. The molecule has 0 aromatic heterocycles. The third-order valence-electron chi connectivity index (χ3n) is 2.79. The van der Waals surface area contributed by atoms with Crippen molar-refractivity contribution < 1.29 is 13.9 Å². The van der Waals surface area contributed by atoms with Gasteiger partial charge < -0.3 is 5.11 Å². The van der Waals surface area contributed by atoms with Crippen molar-refractivity contribution in [1.82, 2.24) is 0 Å². The number of halogens is 3. The van der Waals surface area contributed by atoms with Gasteiger partial charge in [-0.1, -0.05) is 28.1 Å². The Morgan fingerprint density at radius 1 is 1.00 bits per heavy atom. The summed E-state index contributed by atoms with van der Waals surface area (Å²) in [5, 5.41) is 10.2. The van der Waals surface area contributed by atoms with Crippen LogP contribution in [0, 0.1) is 18.6 Å². The summed E-state index contributed by atoms with van der Waals surface area (Å²) in [6.07, 6.45) is -0.990. The van der Waals surface area contributed by atoms with Gasteiger partial charge in [0.2, 0.25) is 0 Å². The first-order chi connectivity index (χ1) is 8.49. The summed E-state index contributed by atoms with van der Waals surface area (Å²) >= 11 is 3.19. The van der Waals surface area contributed by atoms with Crippen LogP contribution in [0.4, 0.5) is 8.78 Å². The number of hydrogen-bond acceptors (Lipinski definition) is 1. The number of benzene rings is 2. The molecular formula is C14H11BrF2O. The van der Waals surface area contributed by atoms with Crippen molar-refractivity contribution >= 4 is 15.9 Å². The van der Waals surface area contributed by atoms with Crippen LogP contribution in [-0.4, -0.2) is 5.11 Å². The van der Waals surface area contributed by atoms with Crippen LogP contribution in [0.25, 0.3) is 0 Å². The van der Waals surface area contributed by atoms with Crippen molar-refractivity contribution in [2.24, 2.45) is 0 Å². The summed E-state index contributed by atoms with van der Waals surface area (Å²) in [5.74, 6) is -0.804. The summed E-state index contributed by atoms with van der Waals surface area (Å²) in [6, 6.07) is 8.24. The first kappa shape index (κ1) is 13.2. The minimum absolute atomic E-state index is 0.395. The summed E-state index contributed by atoms with van der Waals surface area (Å²) in [7, 11) is 0. The first-order valence-electron chi connectivity index (χ1n) is 5.38. The van der Waals surface area contributed by atoms with E-state index < -0.39 is 17.7 Å². The molecular weight excluding hydrogens is 302 g/mol. The Morgan fingerprint density at radius 3 is 2.28 bits per heavy atom. The number of hydrogen-bond donors (Lipinski definition) is 1. The van der Waals surface area contributed by atoms with Gasteiger partial charge in [0, 0.05) is 4.47 Å². The number of aliphatic hydroxyl groups excluding tert-OH is 1. The molecule has 0 fully saturated rings. The maximum absolute atomic E-state index is 13.2. The van der Waals surface area contributed by atoms with Crippen LogP contribution >= 0.6 is 15.9 Å². The Morgan fingerprint density at radius 2 is 1.61 bits per heavy atom. The molecule has 2 aromatic carbocycles. The van der Waals surface area contributed by atoms with Gasteiger partial charge in [0.25, 0.3) is 0 Å². The molecule has 18 heavy (non-hydrogen) atoms. The van der Waals surface area contributed by atoms with Crippen molar-refractivity contribution in [1.29, 1.82) is 0 Å². The van der Waals surface area contributed by atoms with Gasteiger partial charge in [-0.15, -0.1) is 0 Å². The van der Waals surface area contributed by atoms with Gasteiger partial charge >= 0.3 is 0 Å². The van der Waals surface area contributed by atoms with Crippen molar-refractivity contribution in [3.8, 4) is 0 Å². The van der Waals surface area contributed by atoms with Crippen molar-refractivity contribution in [3.63, 3.8) is 0 Å². The second kappa shape index (κ2) is 5.16. The molecule has 4 heteroatoms. The van der Waals surface area contributed by atoms with Gasteiger partial charge in [-0.05, 0) is 47.9 Å². The molecule has 1 N–H and O–H groups in total. The third kappa shape index (κ3) is 2.60. The second-order valence-corrected chi connectivity index (χ2v) is 4.92. The molecule has 2 rings (SSSR count). The van der Waals surface area contributed by atoms with E-state index in [2.05, 4.69) is 15.9 Å². The molecule has 0 amide bonds. The third-order valence-corrected chi connectivity index (χ3v) is 3.48. The van der Waals surface area contributed by atoms with Gasteiger partial charge in [0.1, 0.15) is 17.7 Å². The van der Waals surface area contributed by atoms with Crippen molar-refractivity contribution in [3.05, 3.63) is 69.2 Å². The molecule has 1 atom stereocenters. The monoisotopic (exact) mass is 312 g/mol. The van der Waals surface area contributed by atoms with Crippen molar-refractivity contribution in [2.45, 2.75) is 13.0 Å². The molecule has 1 unspecified atom stereocenters. The van der Waals surface area contributed by atoms with E-state index >= 15 is 0 Å². The molecule has 94 valence electrons. The predicted octanol–water partition coefficient (Wildman–Crippen LogP) is 4.12. The van der Waals surface area contributed by atoms with E-state index in [0.29, 0.717) is 15.6 Å².